The fourth-order valence-corrected chi connectivity index (χ4v) is 1.57. The fourth-order valence-electron chi connectivity index (χ4n) is 1.57. The van der Waals surface area contributed by atoms with Crippen LogP contribution in [0, 0.1) is 5.92 Å². The zero-order chi connectivity index (χ0) is 11.7. The summed E-state index contributed by atoms with van der Waals surface area (Å²) in [5, 5.41) is 20.3. The van der Waals surface area contributed by atoms with Gasteiger partial charge in [0.15, 0.2) is 0 Å². The molecule has 15 heavy (non-hydrogen) atoms. The average molecular weight is 217 g/mol. The van der Waals surface area contributed by atoms with Gasteiger partial charge < -0.3 is 15.5 Å². The summed E-state index contributed by atoms with van der Waals surface area (Å²) in [6.45, 7) is 3.66. The molecule has 0 unspecified atom stereocenters. The lowest BCUT2D eigenvalue weighted by Crippen LogP contribution is -2.43. The predicted molar refractivity (Wildman–Crippen MR) is 59.4 cm³/mol. The van der Waals surface area contributed by atoms with E-state index in [1.807, 2.05) is 13.8 Å². The lowest BCUT2D eigenvalue weighted by atomic mass is 9.97. The first-order chi connectivity index (χ1) is 7.19. The minimum Gasteiger partial charge on any atom is -0.394 e. The van der Waals surface area contributed by atoms with Crippen molar-refractivity contribution in [1.82, 2.24) is 5.32 Å². The zero-order valence-electron chi connectivity index (χ0n) is 9.70. The van der Waals surface area contributed by atoms with E-state index in [1.54, 1.807) is 0 Å². The maximum Gasteiger partial charge on any atom is 0.223 e. The molecular weight excluding hydrogens is 194 g/mol. The van der Waals surface area contributed by atoms with Gasteiger partial charge in [0.2, 0.25) is 5.91 Å². The second-order valence-corrected chi connectivity index (χ2v) is 3.84. The quantitative estimate of drug-likeness (QED) is 0.560. The molecule has 0 fully saturated rings. The molecule has 0 saturated heterocycles. The van der Waals surface area contributed by atoms with Crippen LogP contribution in [0.15, 0.2) is 0 Å². The van der Waals surface area contributed by atoms with Crippen LogP contribution < -0.4 is 5.32 Å². The summed E-state index contributed by atoms with van der Waals surface area (Å²) in [4.78, 5) is 11.7. The van der Waals surface area contributed by atoms with E-state index in [1.165, 1.54) is 0 Å². The number of aliphatic hydroxyl groups excluding tert-OH is 2. The molecule has 0 aliphatic carbocycles. The summed E-state index contributed by atoms with van der Waals surface area (Å²) < 4.78 is 0. The topological polar surface area (TPSA) is 69.6 Å². The Morgan fingerprint density at radius 2 is 1.60 bits per heavy atom. The van der Waals surface area contributed by atoms with Gasteiger partial charge in [0.1, 0.15) is 0 Å². The Bertz CT molecular complexity index is 163. The Balaban J connectivity index is 4.10. The van der Waals surface area contributed by atoms with Crippen LogP contribution in [0.1, 0.15) is 39.5 Å². The highest BCUT2D eigenvalue weighted by Crippen LogP contribution is 2.13. The van der Waals surface area contributed by atoms with Crippen molar-refractivity contribution >= 4 is 5.91 Å². The molecular formula is C11H23NO3. The molecule has 0 bridgehead atoms. The van der Waals surface area contributed by atoms with E-state index in [0.717, 1.165) is 25.7 Å². The van der Waals surface area contributed by atoms with Crippen LogP contribution in [0.25, 0.3) is 0 Å². The summed E-state index contributed by atoms with van der Waals surface area (Å²) in [6, 6.07) is -0.520. The molecule has 3 N–H and O–H groups in total. The van der Waals surface area contributed by atoms with Gasteiger partial charge in [-0.15, -0.1) is 0 Å². The van der Waals surface area contributed by atoms with Crippen molar-refractivity contribution < 1.29 is 15.0 Å². The van der Waals surface area contributed by atoms with Crippen molar-refractivity contribution in [2.75, 3.05) is 13.2 Å². The van der Waals surface area contributed by atoms with Crippen LogP contribution in [0.4, 0.5) is 0 Å². The van der Waals surface area contributed by atoms with Crippen LogP contribution in [-0.4, -0.2) is 35.4 Å². The van der Waals surface area contributed by atoms with E-state index in [4.69, 9.17) is 10.2 Å². The molecule has 0 aromatic carbocycles. The molecule has 0 heterocycles. The van der Waals surface area contributed by atoms with Crippen molar-refractivity contribution in [2.45, 2.75) is 45.6 Å². The third-order valence-corrected chi connectivity index (χ3v) is 2.43. The van der Waals surface area contributed by atoms with Crippen molar-refractivity contribution in [2.24, 2.45) is 5.92 Å². The van der Waals surface area contributed by atoms with Gasteiger partial charge >= 0.3 is 0 Å². The highest BCUT2D eigenvalue weighted by molar-refractivity contribution is 5.78. The molecule has 0 aromatic heterocycles. The first-order valence-corrected chi connectivity index (χ1v) is 5.71. The van der Waals surface area contributed by atoms with Gasteiger partial charge in [-0.25, -0.2) is 0 Å². The first-order valence-electron chi connectivity index (χ1n) is 5.71. The van der Waals surface area contributed by atoms with Crippen molar-refractivity contribution in [3.63, 3.8) is 0 Å². The molecule has 90 valence electrons. The molecule has 0 radical (unpaired) electrons. The number of hydrogen-bond acceptors (Lipinski definition) is 3. The number of amides is 1. The van der Waals surface area contributed by atoms with E-state index in [-0.39, 0.29) is 25.0 Å². The van der Waals surface area contributed by atoms with Crippen molar-refractivity contribution in [3.05, 3.63) is 0 Å². The monoisotopic (exact) mass is 217 g/mol. The molecule has 0 rings (SSSR count). The molecule has 4 nitrogen and oxygen atoms in total. The lowest BCUT2D eigenvalue weighted by molar-refractivity contribution is -0.126. The SMILES string of the molecule is CCCC(CCC)C(=O)NC(CO)CO. The van der Waals surface area contributed by atoms with Crippen LogP contribution in [0.2, 0.25) is 0 Å². The first kappa shape index (κ1) is 14.4. The average Bonchev–Trinajstić information content (AvgIpc) is 2.25. The second-order valence-electron chi connectivity index (χ2n) is 3.84. The summed E-state index contributed by atoms with van der Waals surface area (Å²) >= 11 is 0. The van der Waals surface area contributed by atoms with Crippen LogP contribution in [-0.2, 0) is 4.79 Å². The van der Waals surface area contributed by atoms with E-state index in [2.05, 4.69) is 5.32 Å². The summed E-state index contributed by atoms with van der Waals surface area (Å²) in [5.74, 6) is -0.0348. The minimum absolute atomic E-state index is 0.0144. The lowest BCUT2D eigenvalue weighted by Gasteiger charge is -2.19. The maximum absolute atomic E-state index is 11.7. The van der Waals surface area contributed by atoms with E-state index in [0.29, 0.717) is 0 Å². The Hall–Kier alpha value is -0.610. The van der Waals surface area contributed by atoms with Crippen molar-refractivity contribution in [1.29, 1.82) is 0 Å². The van der Waals surface area contributed by atoms with Gasteiger partial charge in [0.25, 0.3) is 0 Å². The molecule has 0 spiro atoms. The predicted octanol–water partition coefficient (Wildman–Crippen LogP) is 0.672. The Morgan fingerprint density at radius 1 is 1.13 bits per heavy atom. The molecule has 0 aliphatic rings. The van der Waals surface area contributed by atoms with Gasteiger partial charge in [-0.05, 0) is 12.8 Å². The molecule has 1 amide bonds. The normalized spacial score (nSPS) is 11.1. The summed E-state index contributed by atoms with van der Waals surface area (Å²) in [5.41, 5.74) is 0. The maximum atomic E-state index is 11.7. The van der Waals surface area contributed by atoms with E-state index < -0.39 is 6.04 Å². The van der Waals surface area contributed by atoms with Gasteiger partial charge in [-0.1, -0.05) is 26.7 Å². The molecule has 0 aromatic rings. The molecule has 0 aliphatic heterocycles. The number of rotatable bonds is 8. The largest absolute Gasteiger partial charge is 0.394 e. The Morgan fingerprint density at radius 3 is 1.93 bits per heavy atom. The number of nitrogens with one attached hydrogen (secondary N) is 1. The van der Waals surface area contributed by atoms with Gasteiger partial charge in [0.05, 0.1) is 19.3 Å². The van der Waals surface area contributed by atoms with E-state index in [9.17, 15) is 4.79 Å². The number of carbonyl (C=O) groups excluding carboxylic acids is 1. The number of aliphatic hydroxyl groups is 2. The fraction of sp³-hybridized carbons (Fsp3) is 0.909. The highest BCUT2D eigenvalue weighted by atomic mass is 16.3. The molecule has 4 heteroatoms. The van der Waals surface area contributed by atoms with Crippen LogP contribution in [0.5, 0.6) is 0 Å². The van der Waals surface area contributed by atoms with Gasteiger partial charge in [0, 0.05) is 5.92 Å². The Kier molecular flexibility index (Phi) is 8.33. The van der Waals surface area contributed by atoms with Crippen molar-refractivity contribution in [3.8, 4) is 0 Å². The smallest absolute Gasteiger partial charge is 0.223 e. The molecule has 0 atom stereocenters. The minimum atomic E-state index is -0.520. The van der Waals surface area contributed by atoms with E-state index >= 15 is 0 Å². The van der Waals surface area contributed by atoms with Gasteiger partial charge in [-0.3, -0.25) is 4.79 Å². The van der Waals surface area contributed by atoms with Crippen LogP contribution in [0.3, 0.4) is 0 Å². The third kappa shape index (κ3) is 5.74. The van der Waals surface area contributed by atoms with Gasteiger partial charge in [-0.2, -0.15) is 0 Å². The second kappa shape index (κ2) is 8.68. The third-order valence-electron chi connectivity index (χ3n) is 2.43. The summed E-state index contributed by atoms with van der Waals surface area (Å²) in [7, 11) is 0. The summed E-state index contributed by atoms with van der Waals surface area (Å²) in [6.07, 6.45) is 3.68. The number of carbonyl (C=O) groups is 1. The Labute approximate surface area is 91.7 Å². The standard InChI is InChI=1S/C11H23NO3/c1-3-5-9(6-4-2)11(15)12-10(7-13)8-14/h9-10,13-14H,3-8H2,1-2H3,(H,12,15). The van der Waals surface area contributed by atoms with Crippen LogP contribution >= 0.6 is 0 Å². The highest BCUT2D eigenvalue weighted by Gasteiger charge is 2.19. The zero-order valence-corrected chi connectivity index (χ0v) is 9.70. The number of hydrogen-bond donors (Lipinski definition) is 3. The molecule has 0 saturated carbocycles.